The number of likely N-dealkylation sites (N-methyl/N-ethyl adjacent to an activating group) is 1. The average Bonchev–Trinajstić information content (AvgIpc) is 2.43. The highest BCUT2D eigenvalue weighted by Gasteiger charge is 2.11. The molecule has 0 aliphatic carbocycles. The highest BCUT2D eigenvalue weighted by atomic mass is 16.5. The Kier molecular flexibility index (Phi) is 12.3. The number of hydrogen-bond donors (Lipinski definition) is 2. The molecule has 0 heterocycles. The van der Waals surface area contributed by atoms with Crippen LogP contribution in [0.1, 0.15) is 13.8 Å². The number of rotatable bonds is 6. The van der Waals surface area contributed by atoms with Gasteiger partial charge in [-0.05, 0) is 13.8 Å². The van der Waals surface area contributed by atoms with E-state index in [1.165, 1.54) is 12.0 Å². The van der Waals surface area contributed by atoms with Gasteiger partial charge in [-0.15, -0.1) is 0 Å². The number of carbonyl (C=O) groups is 4. The second-order valence-electron chi connectivity index (χ2n) is 3.43. The maximum absolute atomic E-state index is 11.4. The van der Waals surface area contributed by atoms with Gasteiger partial charge < -0.3 is 25.8 Å². The standard InChI is InChI=1S/C11H17NO5.CH4N2O/c1-4-12(5-2)9(13)8-17-11(15)7-6-10(14)16-3;2-1(3)4/h6-7H,4-5,8H2,1-3H3;(H4,2,3,4)/b7-6+;. The number of hydrogen-bond acceptors (Lipinski definition) is 6. The van der Waals surface area contributed by atoms with Crippen LogP contribution in [0.2, 0.25) is 0 Å². The molecular weight excluding hydrogens is 282 g/mol. The van der Waals surface area contributed by atoms with Crippen molar-refractivity contribution in [2.45, 2.75) is 13.8 Å². The lowest BCUT2D eigenvalue weighted by atomic mass is 10.4. The number of nitrogens with two attached hydrogens (primary N) is 2. The van der Waals surface area contributed by atoms with E-state index in [1.54, 1.807) is 0 Å². The fourth-order valence-corrected chi connectivity index (χ4v) is 1.05. The topological polar surface area (TPSA) is 142 Å². The Balaban J connectivity index is 0. The normalized spacial score (nSPS) is 9.29. The van der Waals surface area contributed by atoms with Crippen LogP contribution < -0.4 is 11.5 Å². The minimum Gasteiger partial charge on any atom is -0.466 e. The number of primary amides is 2. The summed E-state index contributed by atoms with van der Waals surface area (Å²) in [5.41, 5.74) is 8.50. The van der Waals surface area contributed by atoms with Gasteiger partial charge in [0.2, 0.25) is 0 Å². The summed E-state index contributed by atoms with van der Waals surface area (Å²) in [6, 6.07) is -0.833. The molecule has 0 aromatic heterocycles. The van der Waals surface area contributed by atoms with Crippen LogP contribution >= 0.6 is 0 Å². The van der Waals surface area contributed by atoms with Crippen molar-refractivity contribution in [3.63, 3.8) is 0 Å². The Morgan fingerprint density at radius 1 is 1.00 bits per heavy atom. The van der Waals surface area contributed by atoms with Crippen molar-refractivity contribution in [2.75, 3.05) is 26.8 Å². The SMILES string of the molecule is CCN(CC)C(=O)COC(=O)/C=C/C(=O)OC.NC(N)=O. The average molecular weight is 303 g/mol. The first-order chi connectivity index (χ1) is 9.78. The maximum atomic E-state index is 11.4. The molecule has 0 fully saturated rings. The van der Waals surface area contributed by atoms with Crippen LogP contribution in [0.25, 0.3) is 0 Å². The largest absolute Gasteiger partial charge is 0.466 e. The van der Waals surface area contributed by atoms with Crippen LogP contribution in [0.4, 0.5) is 4.79 Å². The molecule has 120 valence electrons. The molecule has 9 heteroatoms. The van der Waals surface area contributed by atoms with Gasteiger partial charge >= 0.3 is 18.0 Å². The number of methoxy groups -OCH3 is 1. The number of carbonyl (C=O) groups excluding carboxylic acids is 4. The van der Waals surface area contributed by atoms with Crippen molar-refractivity contribution in [1.29, 1.82) is 0 Å². The van der Waals surface area contributed by atoms with Gasteiger partial charge in [-0.25, -0.2) is 14.4 Å². The third-order valence-corrected chi connectivity index (χ3v) is 2.01. The molecular formula is C12H21N3O6. The quantitative estimate of drug-likeness (QED) is 0.483. The van der Waals surface area contributed by atoms with Gasteiger partial charge in [0.05, 0.1) is 7.11 Å². The molecule has 0 saturated heterocycles. The van der Waals surface area contributed by atoms with E-state index in [0.717, 1.165) is 12.2 Å². The summed E-state index contributed by atoms with van der Waals surface area (Å²) >= 11 is 0. The van der Waals surface area contributed by atoms with Crippen molar-refractivity contribution < 1.29 is 28.7 Å². The number of amides is 3. The first-order valence-electron chi connectivity index (χ1n) is 6.03. The Labute approximate surface area is 122 Å². The fraction of sp³-hybridized carbons (Fsp3) is 0.500. The molecule has 0 aliphatic rings. The molecule has 0 aliphatic heterocycles. The summed E-state index contributed by atoms with van der Waals surface area (Å²) in [7, 11) is 1.20. The highest BCUT2D eigenvalue weighted by Crippen LogP contribution is 1.91. The van der Waals surface area contributed by atoms with Crippen LogP contribution in [0.3, 0.4) is 0 Å². The molecule has 4 N–H and O–H groups in total. The molecule has 0 unspecified atom stereocenters. The van der Waals surface area contributed by atoms with Crippen LogP contribution in [0, 0.1) is 0 Å². The summed E-state index contributed by atoms with van der Waals surface area (Å²) in [5, 5.41) is 0. The minimum absolute atomic E-state index is 0.269. The van der Waals surface area contributed by atoms with E-state index < -0.39 is 18.0 Å². The van der Waals surface area contributed by atoms with Crippen molar-refractivity contribution in [1.82, 2.24) is 4.90 Å². The second kappa shape index (κ2) is 12.5. The highest BCUT2D eigenvalue weighted by molar-refractivity contribution is 5.92. The van der Waals surface area contributed by atoms with E-state index in [0.29, 0.717) is 13.1 Å². The molecule has 9 nitrogen and oxygen atoms in total. The van der Waals surface area contributed by atoms with E-state index in [9.17, 15) is 14.4 Å². The maximum Gasteiger partial charge on any atom is 0.331 e. The lowest BCUT2D eigenvalue weighted by molar-refractivity contribution is -0.148. The van der Waals surface area contributed by atoms with Crippen molar-refractivity contribution in [3.8, 4) is 0 Å². The van der Waals surface area contributed by atoms with E-state index in [1.807, 2.05) is 13.8 Å². The summed E-state index contributed by atoms with van der Waals surface area (Å²) in [6.07, 6.45) is 1.85. The van der Waals surface area contributed by atoms with E-state index >= 15 is 0 Å². The molecule has 0 saturated carbocycles. The van der Waals surface area contributed by atoms with Gasteiger partial charge in [-0.2, -0.15) is 0 Å². The molecule has 0 rings (SSSR count). The summed E-state index contributed by atoms with van der Waals surface area (Å²) < 4.78 is 8.95. The Morgan fingerprint density at radius 2 is 1.43 bits per heavy atom. The Hall–Kier alpha value is -2.58. The lowest BCUT2D eigenvalue weighted by Gasteiger charge is -2.17. The molecule has 3 amide bonds. The van der Waals surface area contributed by atoms with Crippen molar-refractivity contribution in [2.24, 2.45) is 11.5 Å². The van der Waals surface area contributed by atoms with Gasteiger partial charge in [-0.1, -0.05) is 0 Å². The predicted molar refractivity (Wildman–Crippen MR) is 73.8 cm³/mol. The molecule has 21 heavy (non-hydrogen) atoms. The number of nitrogens with zero attached hydrogens (tertiary/aromatic N) is 1. The summed E-state index contributed by atoms with van der Waals surface area (Å²) in [5.74, 6) is -1.68. The van der Waals surface area contributed by atoms with E-state index in [4.69, 9.17) is 4.79 Å². The molecule has 0 aromatic rings. The number of ether oxygens (including phenoxy) is 2. The van der Waals surface area contributed by atoms with Crippen LogP contribution in [0.5, 0.6) is 0 Å². The zero-order valence-electron chi connectivity index (χ0n) is 12.3. The second-order valence-corrected chi connectivity index (χ2v) is 3.43. The smallest absolute Gasteiger partial charge is 0.331 e. The lowest BCUT2D eigenvalue weighted by Crippen LogP contribution is -2.34. The minimum atomic E-state index is -0.833. The van der Waals surface area contributed by atoms with Crippen molar-refractivity contribution >= 4 is 23.9 Å². The van der Waals surface area contributed by atoms with E-state index in [-0.39, 0.29) is 12.5 Å². The molecule has 0 radical (unpaired) electrons. The number of urea groups is 1. The van der Waals surface area contributed by atoms with Crippen LogP contribution in [-0.4, -0.2) is 55.6 Å². The predicted octanol–water partition coefficient (Wildman–Crippen LogP) is -0.849. The summed E-state index contributed by atoms with van der Waals surface area (Å²) in [6.45, 7) is 4.46. The van der Waals surface area contributed by atoms with Gasteiger partial charge in [0.25, 0.3) is 5.91 Å². The zero-order valence-corrected chi connectivity index (χ0v) is 12.3. The van der Waals surface area contributed by atoms with Crippen LogP contribution in [-0.2, 0) is 23.9 Å². The Morgan fingerprint density at radius 3 is 1.81 bits per heavy atom. The van der Waals surface area contributed by atoms with Gasteiger partial charge in [0.15, 0.2) is 6.61 Å². The van der Waals surface area contributed by atoms with Crippen molar-refractivity contribution in [3.05, 3.63) is 12.2 Å². The molecule has 0 aromatic carbocycles. The molecule has 0 spiro atoms. The third-order valence-electron chi connectivity index (χ3n) is 2.01. The third kappa shape index (κ3) is 13.6. The zero-order chi connectivity index (χ0) is 16.8. The molecule has 0 atom stereocenters. The van der Waals surface area contributed by atoms with Gasteiger partial charge in [0.1, 0.15) is 0 Å². The summed E-state index contributed by atoms with van der Waals surface area (Å²) in [4.78, 5) is 43.7. The fourth-order valence-electron chi connectivity index (χ4n) is 1.05. The Bertz CT molecular complexity index is 386. The van der Waals surface area contributed by atoms with Crippen LogP contribution in [0.15, 0.2) is 12.2 Å². The molecule has 0 bridgehead atoms. The first kappa shape index (κ1) is 20.7. The van der Waals surface area contributed by atoms with E-state index in [2.05, 4.69) is 20.9 Å². The first-order valence-corrected chi connectivity index (χ1v) is 6.03. The number of esters is 2. The van der Waals surface area contributed by atoms with Gasteiger partial charge in [-0.3, -0.25) is 4.79 Å². The van der Waals surface area contributed by atoms with Gasteiger partial charge in [0, 0.05) is 25.2 Å². The monoisotopic (exact) mass is 303 g/mol.